The fourth-order valence-electron chi connectivity index (χ4n) is 1.90. The monoisotopic (exact) mass is 395 g/mol. The molecule has 0 saturated carbocycles. The fraction of sp³-hybridized carbons (Fsp3) is 0.188. The molecule has 0 heterocycles. The number of halogens is 6. The van der Waals surface area contributed by atoms with E-state index >= 15 is 0 Å². The average molecular weight is 396 g/mol. The minimum absolute atomic E-state index is 0.241. The molecule has 9 heteroatoms. The summed E-state index contributed by atoms with van der Waals surface area (Å²) in [4.78, 5) is 10.6. The van der Waals surface area contributed by atoms with E-state index in [1.165, 1.54) is 0 Å². The van der Waals surface area contributed by atoms with E-state index in [1.54, 1.807) is 24.3 Å². The Labute approximate surface area is 149 Å². The molecule has 2 aromatic carbocycles. The van der Waals surface area contributed by atoms with Crippen LogP contribution in [0.1, 0.15) is 5.56 Å². The molecule has 0 aromatic heterocycles. The van der Waals surface area contributed by atoms with E-state index in [0.717, 1.165) is 5.56 Å². The highest BCUT2D eigenvalue weighted by atomic mass is 35.5. The average Bonchev–Trinajstić information content (AvgIpc) is 2.60. The molecule has 25 heavy (non-hydrogen) atoms. The SMILES string of the molecule is O=C(CSc1c(F)c(F)c(F)c(F)c1F)NCCc1ccc(Cl)cc1. The number of carbonyl (C=O) groups excluding carboxylic acids is 1. The molecule has 0 spiro atoms. The second kappa shape index (κ2) is 8.53. The highest BCUT2D eigenvalue weighted by Crippen LogP contribution is 2.30. The lowest BCUT2D eigenvalue weighted by Crippen LogP contribution is -2.27. The van der Waals surface area contributed by atoms with Crippen LogP contribution in [0.3, 0.4) is 0 Å². The lowest BCUT2D eigenvalue weighted by atomic mass is 10.1. The third kappa shape index (κ3) is 4.85. The lowest BCUT2D eigenvalue weighted by Gasteiger charge is -2.08. The van der Waals surface area contributed by atoms with E-state index in [-0.39, 0.29) is 18.3 Å². The van der Waals surface area contributed by atoms with E-state index in [9.17, 15) is 26.7 Å². The molecule has 1 amide bonds. The molecule has 0 radical (unpaired) electrons. The molecule has 0 aliphatic rings. The number of hydrogen-bond donors (Lipinski definition) is 1. The van der Waals surface area contributed by atoms with E-state index < -0.39 is 45.6 Å². The van der Waals surface area contributed by atoms with Gasteiger partial charge in [-0.15, -0.1) is 11.8 Å². The first-order valence-corrected chi connectivity index (χ1v) is 8.33. The van der Waals surface area contributed by atoms with Crippen LogP contribution in [0.15, 0.2) is 29.2 Å². The molecule has 0 saturated heterocycles. The number of hydrogen-bond acceptors (Lipinski definition) is 2. The van der Waals surface area contributed by atoms with Crippen molar-refractivity contribution < 1.29 is 26.7 Å². The van der Waals surface area contributed by atoms with Crippen molar-refractivity contribution in [3.05, 3.63) is 63.9 Å². The van der Waals surface area contributed by atoms with Gasteiger partial charge < -0.3 is 5.32 Å². The number of carbonyl (C=O) groups is 1. The topological polar surface area (TPSA) is 29.1 Å². The Hall–Kier alpha value is -1.80. The zero-order valence-electron chi connectivity index (χ0n) is 12.5. The summed E-state index contributed by atoms with van der Waals surface area (Å²) < 4.78 is 66.0. The molecule has 0 fully saturated rings. The summed E-state index contributed by atoms with van der Waals surface area (Å²) in [5.74, 6) is -11.3. The summed E-state index contributed by atoms with van der Waals surface area (Å²) >= 11 is 5.98. The third-order valence-corrected chi connectivity index (χ3v) is 4.47. The number of rotatable bonds is 6. The van der Waals surface area contributed by atoms with Gasteiger partial charge in [-0.05, 0) is 24.1 Å². The van der Waals surface area contributed by atoms with Gasteiger partial charge in [0.1, 0.15) is 0 Å². The molecule has 2 nitrogen and oxygen atoms in total. The van der Waals surface area contributed by atoms with Gasteiger partial charge in [-0.2, -0.15) is 0 Å². The second-order valence-corrected chi connectivity index (χ2v) is 6.34. The maximum absolute atomic E-state index is 13.5. The Morgan fingerprint density at radius 3 is 2.00 bits per heavy atom. The molecule has 0 bridgehead atoms. The molecule has 1 N–H and O–H groups in total. The minimum Gasteiger partial charge on any atom is -0.355 e. The van der Waals surface area contributed by atoms with E-state index in [0.29, 0.717) is 11.4 Å². The smallest absolute Gasteiger partial charge is 0.230 e. The van der Waals surface area contributed by atoms with Crippen LogP contribution in [-0.2, 0) is 11.2 Å². The molecule has 0 aliphatic carbocycles. The van der Waals surface area contributed by atoms with Crippen LogP contribution >= 0.6 is 23.4 Å². The van der Waals surface area contributed by atoms with Gasteiger partial charge in [-0.1, -0.05) is 23.7 Å². The lowest BCUT2D eigenvalue weighted by molar-refractivity contribution is -0.118. The molecule has 2 rings (SSSR count). The Bertz CT molecular complexity index is 756. The predicted octanol–water partition coefficient (Wildman–Crippen LogP) is 4.49. The Kier molecular flexibility index (Phi) is 6.66. The van der Waals surface area contributed by atoms with Gasteiger partial charge in [-0.25, -0.2) is 22.0 Å². The molecule has 0 aliphatic heterocycles. The van der Waals surface area contributed by atoms with Crippen LogP contribution in [-0.4, -0.2) is 18.2 Å². The molecule has 0 atom stereocenters. The first-order chi connectivity index (χ1) is 11.8. The van der Waals surface area contributed by atoms with Crippen molar-refractivity contribution in [3.8, 4) is 0 Å². The number of amides is 1. The van der Waals surface area contributed by atoms with Crippen LogP contribution in [0.5, 0.6) is 0 Å². The standard InChI is InChI=1S/C16H11ClF5NOS/c17-9-3-1-8(2-4-9)5-6-23-10(24)7-25-16-14(21)12(19)11(18)13(20)15(16)22/h1-4H,5-7H2,(H,23,24). The summed E-state index contributed by atoms with van der Waals surface area (Å²) in [5.41, 5.74) is 0.914. The van der Waals surface area contributed by atoms with Crippen molar-refractivity contribution in [2.75, 3.05) is 12.3 Å². The van der Waals surface area contributed by atoms with E-state index in [2.05, 4.69) is 5.32 Å². The van der Waals surface area contributed by atoms with Gasteiger partial charge in [-0.3, -0.25) is 4.79 Å². The van der Waals surface area contributed by atoms with Crippen molar-refractivity contribution >= 4 is 29.3 Å². The van der Waals surface area contributed by atoms with Gasteiger partial charge in [0.2, 0.25) is 11.7 Å². The zero-order chi connectivity index (χ0) is 18.6. The first-order valence-electron chi connectivity index (χ1n) is 6.96. The van der Waals surface area contributed by atoms with Crippen LogP contribution < -0.4 is 5.32 Å². The minimum atomic E-state index is -2.23. The fourth-order valence-corrected chi connectivity index (χ4v) is 2.83. The summed E-state index contributed by atoms with van der Waals surface area (Å²) in [7, 11) is 0. The van der Waals surface area contributed by atoms with Crippen molar-refractivity contribution in [1.29, 1.82) is 0 Å². The number of benzene rings is 2. The van der Waals surface area contributed by atoms with Gasteiger partial charge in [0.25, 0.3) is 0 Å². The van der Waals surface area contributed by atoms with Gasteiger partial charge in [0.15, 0.2) is 23.3 Å². The van der Waals surface area contributed by atoms with Gasteiger partial charge in [0.05, 0.1) is 10.6 Å². The number of nitrogens with one attached hydrogen (secondary N) is 1. The summed E-state index contributed by atoms with van der Waals surface area (Å²) in [5, 5.41) is 3.07. The van der Waals surface area contributed by atoms with Crippen LogP contribution in [0.25, 0.3) is 0 Å². The molecule has 0 unspecified atom stereocenters. The molecule has 2 aromatic rings. The second-order valence-electron chi connectivity index (χ2n) is 4.91. The maximum Gasteiger partial charge on any atom is 0.230 e. The Morgan fingerprint density at radius 2 is 1.44 bits per heavy atom. The van der Waals surface area contributed by atoms with Crippen LogP contribution in [0, 0.1) is 29.1 Å². The summed E-state index contributed by atoms with van der Waals surface area (Å²) in [6.07, 6.45) is 0.496. The summed E-state index contributed by atoms with van der Waals surface area (Å²) in [6, 6.07) is 6.94. The molecular weight excluding hydrogens is 385 g/mol. The highest BCUT2D eigenvalue weighted by Gasteiger charge is 2.26. The predicted molar refractivity (Wildman–Crippen MR) is 85.1 cm³/mol. The first kappa shape index (κ1) is 19.5. The maximum atomic E-state index is 13.5. The van der Waals surface area contributed by atoms with Crippen molar-refractivity contribution in [1.82, 2.24) is 5.32 Å². The quantitative estimate of drug-likeness (QED) is 0.338. The van der Waals surface area contributed by atoms with E-state index in [4.69, 9.17) is 11.6 Å². The van der Waals surface area contributed by atoms with Crippen molar-refractivity contribution in [2.45, 2.75) is 11.3 Å². The molecule has 134 valence electrons. The highest BCUT2D eigenvalue weighted by molar-refractivity contribution is 8.00. The van der Waals surface area contributed by atoms with Crippen LogP contribution in [0.4, 0.5) is 22.0 Å². The third-order valence-electron chi connectivity index (χ3n) is 3.17. The Morgan fingerprint density at radius 1 is 0.920 bits per heavy atom. The van der Waals surface area contributed by atoms with Crippen molar-refractivity contribution in [2.24, 2.45) is 0 Å². The van der Waals surface area contributed by atoms with E-state index in [1.807, 2.05) is 0 Å². The van der Waals surface area contributed by atoms with Gasteiger partial charge >= 0.3 is 0 Å². The van der Waals surface area contributed by atoms with Crippen molar-refractivity contribution in [3.63, 3.8) is 0 Å². The van der Waals surface area contributed by atoms with Crippen LogP contribution in [0.2, 0.25) is 5.02 Å². The Balaban J connectivity index is 1.89. The molecular formula is C16H11ClF5NOS. The normalized spacial score (nSPS) is 10.8. The number of thioether (sulfide) groups is 1. The largest absolute Gasteiger partial charge is 0.355 e. The van der Waals surface area contributed by atoms with Gasteiger partial charge in [0, 0.05) is 11.6 Å². The summed E-state index contributed by atoms with van der Waals surface area (Å²) in [6.45, 7) is 0.248. The zero-order valence-corrected chi connectivity index (χ0v) is 14.1.